The fraction of sp³-hybridized carbons (Fsp3) is 0.304. The van der Waals surface area contributed by atoms with Crippen molar-refractivity contribution in [3.63, 3.8) is 0 Å². The molecule has 1 fully saturated rings. The van der Waals surface area contributed by atoms with Crippen LogP contribution in [-0.2, 0) is 11.0 Å². The number of nitrogens with zero attached hydrogens (tertiary/aromatic N) is 4. The van der Waals surface area contributed by atoms with Gasteiger partial charge in [0.05, 0.1) is 11.9 Å². The number of amides is 1. The lowest BCUT2D eigenvalue weighted by Gasteiger charge is -2.42. The minimum Gasteiger partial charge on any atom is -0.354 e. The molecular weight excluding hydrogens is 433 g/mol. The van der Waals surface area contributed by atoms with Crippen LogP contribution in [0.25, 0.3) is 11.1 Å². The van der Waals surface area contributed by atoms with E-state index < -0.39 is 17.4 Å². The first-order chi connectivity index (χ1) is 15.5. The maximum absolute atomic E-state index is 13.0. The molecule has 0 bridgehead atoms. The number of anilines is 3. The third kappa shape index (κ3) is 4.74. The van der Waals surface area contributed by atoms with Crippen LogP contribution in [-0.4, -0.2) is 39.5 Å². The van der Waals surface area contributed by atoms with Gasteiger partial charge in [-0.1, -0.05) is 6.07 Å². The topological polar surface area (TPSA) is 83.0 Å². The number of benzene rings is 1. The minimum atomic E-state index is -4.55. The van der Waals surface area contributed by atoms with Gasteiger partial charge in [0, 0.05) is 36.7 Å². The van der Waals surface area contributed by atoms with Gasteiger partial charge in [-0.25, -0.2) is 9.97 Å². The van der Waals surface area contributed by atoms with Gasteiger partial charge in [-0.15, -0.1) is 0 Å². The molecule has 0 radical (unpaired) electrons. The first-order valence-corrected chi connectivity index (χ1v) is 10.3. The average Bonchev–Trinajstić information content (AvgIpc) is 2.75. The van der Waals surface area contributed by atoms with Gasteiger partial charge in [-0.3, -0.25) is 9.78 Å². The van der Waals surface area contributed by atoms with Crippen molar-refractivity contribution in [3.05, 3.63) is 60.2 Å². The Morgan fingerprint density at radius 3 is 2.67 bits per heavy atom. The zero-order valence-electron chi connectivity index (χ0n) is 18.4. The molecule has 0 unspecified atom stereocenters. The number of hydrogen-bond donors (Lipinski definition) is 2. The van der Waals surface area contributed by atoms with Crippen LogP contribution in [0.1, 0.15) is 25.1 Å². The lowest BCUT2D eigenvalue weighted by Crippen LogP contribution is -2.62. The number of aryl methyl sites for hydroxylation is 1. The van der Waals surface area contributed by atoms with Crippen molar-refractivity contribution in [1.82, 2.24) is 20.3 Å². The van der Waals surface area contributed by atoms with E-state index in [0.29, 0.717) is 18.8 Å². The minimum absolute atomic E-state index is 0.0534. The summed E-state index contributed by atoms with van der Waals surface area (Å²) in [6, 6.07) is 8.32. The highest BCUT2D eigenvalue weighted by Gasteiger charge is 2.38. The van der Waals surface area contributed by atoms with Crippen molar-refractivity contribution in [2.75, 3.05) is 23.3 Å². The molecule has 1 amide bonds. The average molecular weight is 456 g/mol. The lowest BCUT2D eigenvalue weighted by molar-refractivity contribution is -0.141. The van der Waals surface area contributed by atoms with E-state index in [1.165, 1.54) is 0 Å². The number of rotatable bonds is 4. The summed E-state index contributed by atoms with van der Waals surface area (Å²) in [5.74, 6) is -0.198. The lowest BCUT2D eigenvalue weighted by atomic mass is 9.97. The molecule has 33 heavy (non-hydrogen) atoms. The van der Waals surface area contributed by atoms with Crippen LogP contribution >= 0.6 is 0 Å². The van der Waals surface area contributed by atoms with E-state index in [1.54, 1.807) is 24.5 Å². The zero-order valence-corrected chi connectivity index (χ0v) is 18.4. The molecule has 2 N–H and O–H groups in total. The molecule has 2 aromatic heterocycles. The molecular formula is C23H23F3N6O. The Labute approximate surface area is 189 Å². The molecule has 0 spiro atoms. The van der Waals surface area contributed by atoms with E-state index in [9.17, 15) is 18.0 Å². The summed E-state index contributed by atoms with van der Waals surface area (Å²) in [7, 11) is 0. The summed E-state index contributed by atoms with van der Waals surface area (Å²) in [4.78, 5) is 26.2. The summed E-state index contributed by atoms with van der Waals surface area (Å²) < 4.78 is 38.9. The van der Waals surface area contributed by atoms with Crippen LogP contribution in [0.15, 0.2) is 48.9 Å². The van der Waals surface area contributed by atoms with E-state index in [4.69, 9.17) is 0 Å². The largest absolute Gasteiger partial charge is 0.433 e. The summed E-state index contributed by atoms with van der Waals surface area (Å²) in [6.45, 7) is 6.80. The SMILES string of the molecule is Cc1cc(Nc2nccc(C(F)(F)F)n2)cc(-c2cncc(N3CCNC(=O)C3(C)C)c2)c1. The molecule has 1 aliphatic rings. The van der Waals surface area contributed by atoms with Gasteiger partial charge in [0.1, 0.15) is 11.2 Å². The number of pyridine rings is 1. The third-order valence-corrected chi connectivity index (χ3v) is 5.50. The number of carbonyl (C=O) groups is 1. The van der Waals surface area contributed by atoms with Crippen molar-refractivity contribution < 1.29 is 18.0 Å². The second-order valence-corrected chi connectivity index (χ2v) is 8.37. The maximum Gasteiger partial charge on any atom is 0.433 e. The molecule has 1 aliphatic heterocycles. The predicted octanol–water partition coefficient (Wildman–Crippen LogP) is 4.32. The molecule has 1 aromatic carbocycles. The Kier molecular flexibility index (Phi) is 5.69. The highest BCUT2D eigenvalue weighted by molar-refractivity contribution is 5.90. The molecule has 10 heteroatoms. The van der Waals surface area contributed by atoms with Crippen LogP contribution < -0.4 is 15.5 Å². The van der Waals surface area contributed by atoms with E-state index >= 15 is 0 Å². The zero-order chi connectivity index (χ0) is 23.8. The van der Waals surface area contributed by atoms with Crippen molar-refractivity contribution in [3.8, 4) is 11.1 Å². The number of hydrogen-bond acceptors (Lipinski definition) is 6. The fourth-order valence-corrected chi connectivity index (χ4v) is 3.81. The molecule has 0 atom stereocenters. The molecule has 172 valence electrons. The monoisotopic (exact) mass is 456 g/mol. The summed E-state index contributed by atoms with van der Waals surface area (Å²) >= 11 is 0. The Hall–Kier alpha value is -3.69. The van der Waals surface area contributed by atoms with Crippen LogP contribution in [0.5, 0.6) is 0 Å². The van der Waals surface area contributed by atoms with E-state index in [-0.39, 0.29) is 11.9 Å². The Morgan fingerprint density at radius 1 is 1.12 bits per heavy atom. The predicted molar refractivity (Wildman–Crippen MR) is 119 cm³/mol. The van der Waals surface area contributed by atoms with Gasteiger partial charge in [-0.05, 0) is 56.2 Å². The molecule has 0 aliphatic carbocycles. The van der Waals surface area contributed by atoms with Gasteiger partial charge in [0.15, 0.2) is 0 Å². The number of halogens is 3. The summed E-state index contributed by atoms with van der Waals surface area (Å²) in [5.41, 5.74) is 2.14. The Morgan fingerprint density at radius 2 is 1.91 bits per heavy atom. The number of piperazine rings is 1. The van der Waals surface area contributed by atoms with Crippen LogP contribution in [0, 0.1) is 6.92 Å². The Bertz CT molecular complexity index is 1190. The van der Waals surface area contributed by atoms with Crippen molar-refractivity contribution in [2.45, 2.75) is 32.5 Å². The summed E-state index contributed by atoms with van der Waals surface area (Å²) in [6.07, 6.45) is -0.0592. The molecule has 3 aromatic rings. The second kappa shape index (κ2) is 8.34. The van der Waals surface area contributed by atoms with Gasteiger partial charge in [0.2, 0.25) is 11.9 Å². The van der Waals surface area contributed by atoms with E-state index in [1.807, 2.05) is 37.8 Å². The Balaban J connectivity index is 1.65. The molecule has 0 saturated carbocycles. The third-order valence-electron chi connectivity index (χ3n) is 5.50. The second-order valence-electron chi connectivity index (χ2n) is 8.37. The molecule has 7 nitrogen and oxygen atoms in total. The number of aromatic nitrogens is 3. The van der Waals surface area contributed by atoms with E-state index in [0.717, 1.165) is 34.6 Å². The molecule has 3 heterocycles. The quantitative estimate of drug-likeness (QED) is 0.608. The highest BCUT2D eigenvalue weighted by atomic mass is 19.4. The van der Waals surface area contributed by atoms with Crippen molar-refractivity contribution in [2.24, 2.45) is 0 Å². The fourth-order valence-electron chi connectivity index (χ4n) is 3.81. The molecule has 1 saturated heterocycles. The number of carbonyl (C=O) groups excluding carboxylic acids is 1. The maximum atomic E-state index is 13.0. The van der Waals surface area contributed by atoms with Gasteiger partial charge in [-0.2, -0.15) is 13.2 Å². The van der Waals surface area contributed by atoms with Crippen LogP contribution in [0.3, 0.4) is 0 Å². The normalized spacial score (nSPS) is 15.8. The van der Waals surface area contributed by atoms with Gasteiger partial charge in [0.25, 0.3) is 0 Å². The summed E-state index contributed by atoms with van der Waals surface area (Å²) in [5, 5.41) is 5.74. The number of nitrogens with one attached hydrogen (secondary N) is 2. The standard InChI is InChI=1S/C23H23F3N6O/c1-14-8-15(10-17(9-14)30-21-29-5-4-19(31-21)23(24,25)26)16-11-18(13-27-12-16)32-7-6-28-20(33)22(32,2)3/h4-5,8-13H,6-7H2,1-3H3,(H,28,33)(H,29,30,31). The first kappa shape index (κ1) is 22.5. The van der Waals surface area contributed by atoms with Gasteiger partial charge < -0.3 is 15.5 Å². The van der Waals surface area contributed by atoms with Gasteiger partial charge >= 0.3 is 6.18 Å². The van der Waals surface area contributed by atoms with Crippen LogP contribution in [0.2, 0.25) is 0 Å². The van der Waals surface area contributed by atoms with Crippen molar-refractivity contribution in [1.29, 1.82) is 0 Å². The van der Waals surface area contributed by atoms with Crippen LogP contribution in [0.4, 0.5) is 30.5 Å². The highest BCUT2D eigenvalue weighted by Crippen LogP contribution is 2.32. The smallest absolute Gasteiger partial charge is 0.354 e. The first-order valence-electron chi connectivity index (χ1n) is 10.3. The number of alkyl halides is 3. The van der Waals surface area contributed by atoms with E-state index in [2.05, 4.69) is 25.6 Å². The van der Waals surface area contributed by atoms with Crippen molar-refractivity contribution >= 4 is 23.2 Å². The molecule has 4 rings (SSSR count).